The van der Waals surface area contributed by atoms with Gasteiger partial charge in [0.15, 0.2) is 5.13 Å². The molecular weight excluding hydrogens is 350 g/mol. The van der Waals surface area contributed by atoms with E-state index >= 15 is 0 Å². The lowest BCUT2D eigenvalue weighted by Gasteiger charge is -2.18. The molecule has 26 heavy (non-hydrogen) atoms. The molecule has 8 heteroatoms. The Balaban J connectivity index is 1.67. The van der Waals surface area contributed by atoms with E-state index in [1.165, 1.54) is 11.3 Å². The van der Waals surface area contributed by atoms with Crippen LogP contribution in [-0.2, 0) is 6.54 Å². The van der Waals surface area contributed by atoms with Crippen LogP contribution < -0.4 is 10.2 Å². The maximum absolute atomic E-state index is 12.6. The zero-order valence-corrected chi connectivity index (χ0v) is 16.0. The van der Waals surface area contributed by atoms with Crippen molar-refractivity contribution >= 4 is 28.4 Å². The van der Waals surface area contributed by atoms with E-state index in [1.54, 1.807) is 24.2 Å². The van der Waals surface area contributed by atoms with E-state index in [2.05, 4.69) is 29.1 Å². The lowest BCUT2D eigenvalue weighted by molar-refractivity contribution is 0.0954. The van der Waals surface area contributed by atoms with Crippen molar-refractivity contribution in [3.8, 4) is 0 Å². The van der Waals surface area contributed by atoms with Gasteiger partial charge in [-0.15, -0.1) is 0 Å². The van der Waals surface area contributed by atoms with Gasteiger partial charge in [0.25, 0.3) is 5.91 Å². The van der Waals surface area contributed by atoms with Crippen molar-refractivity contribution in [2.45, 2.75) is 27.3 Å². The fourth-order valence-corrected chi connectivity index (χ4v) is 3.85. The smallest absolute Gasteiger partial charge is 0.326 e. The van der Waals surface area contributed by atoms with Gasteiger partial charge in [-0.05, 0) is 24.5 Å². The predicted octanol–water partition coefficient (Wildman–Crippen LogP) is 2.67. The standard InChI is InChI=1S/C18H23N5O2S/c1-12(2)11-22-7-8-23(18(22)25)17-21-13(3)15(26-17)16(24)20-10-14-5-4-6-19-9-14/h4-6,9,12H,7-8,10-11H2,1-3H3,(H,20,24). The Kier molecular flexibility index (Phi) is 5.51. The van der Waals surface area contributed by atoms with E-state index in [4.69, 9.17) is 0 Å². The molecule has 0 aromatic carbocycles. The van der Waals surface area contributed by atoms with Gasteiger partial charge in [-0.3, -0.25) is 14.7 Å². The number of hydrogen-bond acceptors (Lipinski definition) is 5. The van der Waals surface area contributed by atoms with Crippen LogP contribution in [0.3, 0.4) is 0 Å². The summed E-state index contributed by atoms with van der Waals surface area (Å²) in [6.45, 7) is 8.42. The van der Waals surface area contributed by atoms with E-state index < -0.39 is 0 Å². The first-order valence-corrected chi connectivity index (χ1v) is 9.48. The van der Waals surface area contributed by atoms with Crippen molar-refractivity contribution in [1.82, 2.24) is 20.2 Å². The molecule has 1 aliphatic heterocycles. The molecule has 7 nitrogen and oxygen atoms in total. The highest BCUT2D eigenvalue weighted by atomic mass is 32.1. The third kappa shape index (κ3) is 4.01. The Hall–Kier alpha value is -2.48. The van der Waals surface area contributed by atoms with E-state index in [-0.39, 0.29) is 11.9 Å². The summed E-state index contributed by atoms with van der Waals surface area (Å²) < 4.78 is 0. The Morgan fingerprint density at radius 1 is 1.38 bits per heavy atom. The van der Waals surface area contributed by atoms with Crippen molar-refractivity contribution < 1.29 is 9.59 Å². The van der Waals surface area contributed by atoms with Crippen LogP contribution in [0.15, 0.2) is 24.5 Å². The number of pyridine rings is 1. The summed E-state index contributed by atoms with van der Waals surface area (Å²) in [5.74, 6) is 0.242. The zero-order chi connectivity index (χ0) is 18.7. The third-order valence-corrected chi connectivity index (χ3v) is 5.26. The fourth-order valence-electron chi connectivity index (χ4n) is 2.84. The molecule has 0 saturated carbocycles. The van der Waals surface area contributed by atoms with E-state index in [1.807, 2.05) is 17.0 Å². The van der Waals surface area contributed by atoms with Crippen molar-refractivity contribution in [1.29, 1.82) is 0 Å². The fraction of sp³-hybridized carbons (Fsp3) is 0.444. The molecule has 1 saturated heterocycles. The Morgan fingerprint density at radius 3 is 2.88 bits per heavy atom. The first-order chi connectivity index (χ1) is 12.5. The van der Waals surface area contributed by atoms with Gasteiger partial charge in [-0.1, -0.05) is 31.3 Å². The highest BCUT2D eigenvalue weighted by Gasteiger charge is 2.32. The number of carbonyl (C=O) groups excluding carboxylic acids is 2. The average molecular weight is 373 g/mol. The molecule has 1 fully saturated rings. The number of rotatable bonds is 6. The molecule has 1 aliphatic rings. The van der Waals surface area contributed by atoms with Crippen molar-refractivity contribution in [3.63, 3.8) is 0 Å². The molecule has 3 amide bonds. The number of hydrogen-bond donors (Lipinski definition) is 1. The van der Waals surface area contributed by atoms with Crippen molar-refractivity contribution in [2.24, 2.45) is 5.92 Å². The van der Waals surface area contributed by atoms with Crippen LogP contribution in [0.4, 0.5) is 9.93 Å². The molecule has 0 spiro atoms. The second-order valence-corrected chi connectivity index (χ2v) is 7.71. The van der Waals surface area contributed by atoms with Crippen LogP contribution in [0.2, 0.25) is 0 Å². The molecule has 3 rings (SSSR count). The molecule has 0 atom stereocenters. The van der Waals surface area contributed by atoms with Gasteiger partial charge in [-0.2, -0.15) is 0 Å². The monoisotopic (exact) mass is 373 g/mol. The van der Waals surface area contributed by atoms with Crippen LogP contribution in [0, 0.1) is 12.8 Å². The Morgan fingerprint density at radius 2 is 2.19 bits per heavy atom. The van der Waals surface area contributed by atoms with Crippen molar-refractivity contribution in [3.05, 3.63) is 40.7 Å². The number of amides is 3. The summed E-state index contributed by atoms with van der Waals surface area (Å²) in [6, 6.07) is 3.71. The largest absolute Gasteiger partial charge is 0.347 e. The molecular formula is C18H23N5O2S. The van der Waals surface area contributed by atoms with Gasteiger partial charge in [0.1, 0.15) is 4.88 Å². The maximum atomic E-state index is 12.6. The Labute approximate surface area is 157 Å². The SMILES string of the molecule is Cc1nc(N2CCN(CC(C)C)C2=O)sc1C(=O)NCc1cccnc1. The number of carbonyl (C=O) groups is 2. The van der Waals surface area contributed by atoms with Gasteiger partial charge in [0, 0.05) is 38.6 Å². The lowest BCUT2D eigenvalue weighted by atomic mass is 10.2. The average Bonchev–Trinajstić information content (AvgIpc) is 3.16. The van der Waals surface area contributed by atoms with Gasteiger partial charge in [0.2, 0.25) is 0 Å². The third-order valence-electron chi connectivity index (χ3n) is 4.08. The molecule has 3 heterocycles. The highest BCUT2D eigenvalue weighted by molar-refractivity contribution is 7.17. The summed E-state index contributed by atoms with van der Waals surface area (Å²) in [5, 5.41) is 3.47. The van der Waals surface area contributed by atoms with Gasteiger partial charge >= 0.3 is 6.03 Å². The number of anilines is 1. The van der Waals surface area contributed by atoms with Crippen LogP contribution in [0.25, 0.3) is 0 Å². The Bertz CT molecular complexity index is 790. The summed E-state index contributed by atoms with van der Waals surface area (Å²) in [6.07, 6.45) is 3.41. The first-order valence-electron chi connectivity index (χ1n) is 8.66. The van der Waals surface area contributed by atoms with Gasteiger partial charge in [-0.25, -0.2) is 9.78 Å². The topological polar surface area (TPSA) is 78.4 Å². The minimum atomic E-state index is -0.180. The number of nitrogens with zero attached hydrogens (tertiary/aromatic N) is 4. The summed E-state index contributed by atoms with van der Waals surface area (Å²) in [7, 11) is 0. The van der Waals surface area contributed by atoms with E-state index in [0.29, 0.717) is 41.3 Å². The van der Waals surface area contributed by atoms with Crippen LogP contribution in [0.5, 0.6) is 0 Å². The molecule has 2 aromatic heterocycles. The molecule has 138 valence electrons. The lowest BCUT2D eigenvalue weighted by Crippen LogP contribution is -2.34. The number of thiazole rings is 1. The van der Waals surface area contributed by atoms with Crippen molar-refractivity contribution in [2.75, 3.05) is 24.5 Å². The zero-order valence-electron chi connectivity index (χ0n) is 15.2. The quantitative estimate of drug-likeness (QED) is 0.844. The minimum absolute atomic E-state index is 0.0326. The number of urea groups is 1. The summed E-state index contributed by atoms with van der Waals surface area (Å²) in [4.78, 5) is 37.6. The van der Waals surface area contributed by atoms with Crippen LogP contribution in [0.1, 0.15) is 34.8 Å². The second-order valence-electron chi connectivity index (χ2n) is 6.73. The number of aryl methyl sites for hydroxylation is 1. The summed E-state index contributed by atoms with van der Waals surface area (Å²) >= 11 is 1.26. The normalized spacial score (nSPS) is 14.4. The minimum Gasteiger partial charge on any atom is -0.347 e. The molecule has 0 radical (unpaired) electrons. The molecule has 2 aromatic rings. The predicted molar refractivity (Wildman–Crippen MR) is 101 cm³/mol. The van der Waals surface area contributed by atoms with Gasteiger partial charge < -0.3 is 10.2 Å². The van der Waals surface area contributed by atoms with Gasteiger partial charge in [0.05, 0.1) is 5.69 Å². The number of aromatic nitrogens is 2. The maximum Gasteiger partial charge on any atom is 0.326 e. The molecule has 0 aliphatic carbocycles. The first kappa shape index (κ1) is 18.3. The van der Waals surface area contributed by atoms with Crippen LogP contribution in [-0.4, -0.2) is 46.4 Å². The summed E-state index contributed by atoms with van der Waals surface area (Å²) in [5.41, 5.74) is 1.58. The number of nitrogens with one attached hydrogen (secondary N) is 1. The molecule has 1 N–H and O–H groups in total. The molecule has 0 unspecified atom stereocenters. The van der Waals surface area contributed by atoms with E-state index in [9.17, 15) is 9.59 Å². The highest BCUT2D eigenvalue weighted by Crippen LogP contribution is 2.29. The second kappa shape index (κ2) is 7.82. The van der Waals surface area contributed by atoms with E-state index in [0.717, 1.165) is 12.1 Å². The molecule has 0 bridgehead atoms. The van der Waals surface area contributed by atoms with Crippen LogP contribution >= 0.6 is 11.3 Å².